The summed E-state index contributed by atoms with van der Waals surface area (Å²) in [6, 6.07) is 18.1. The lowest BCUT2D eigenvalue weighted by atomic mass is 10.00. The van der Waals surface area contributed by atoms with Gasteiger partial charge in [-0.05, 0) is 41.5 Å². The van der Waals surface area contributed by atoms with Gasteiger partial charge in [-0.2, -0.15) is 0 Å². The van der Waals surface area contributed by atoms with E-state index in [4.69, 9.17) is 5.21 Å². The molecule has 2 aromatic carbocycles. The van der Waals surface area contributed by atoms with Crippen LogP contribution in [0.2, 0.25) is 0 Å². The van der Waals surface area contributed by atoms with Crippen LogP contribution in [0.4, 0.5) is 11.4 Å². The Labute approximate surface area is 168 Å². The van der Waals surface area contributed by atoms with Gasteiger partial charge in [-0.15, -0.1) is 0 Å². The maximum absolute atomic E-state index is 12.9. The van der Waals surface area contributed by atoms with Crippen LogP contribution in [0.15, 0.2) is 73.1 Å². The van der Waals surface area contributed by atoms with E-state index in [0.29, 0.717) is 18.5 Å². The summed E-state index contributed by atoms with van der Waals surface area (Å²) in [6.45, 7) is 0.496. The van der Waals surface area contributed by atoms with Crippen molar-refractivity contribution in [1.29, 1.82) is 0 Å². The summed E-state index contributed by atoms with van der Waals surface area (Å²) in [5.74, 6) is -0.627. The van der Waals surface area contributed by atoms with Crippen molar-refractivity contribution in [3.8, 4) is 0 Å². The number of amides is 2. The number of hydrogen-bond acceptors (Lipinski definition) is 5. The Morgan fingerprint density at radius 3 is 2.59 bits per heavy atom. The number of anilines is 2. The average molecular weight is 388 g/mol. The highest BCUT2D eigenvalue weighted by Crippen LogP contribution is 2.34. The molecule has 1 aliphatic rings. The number of carbonyl (C=O) groups is 2. The number of nitrogens with one attached hydrogen (secondary N) is 2. The largest absolute Gasteiger partial charge is 0.353 e. The van der Waals surface area contributed by atoms with Crippen LogP contribution < -0.4 is 15.7 Å². The highest BCUT2D eigenvalue weighted by molar-refractivity contribution is 6.03. The minimum absolute atomic E-state index is 0.0659. The van der Waals surface area contributed by atoms with Gasteiger partial charge in [0.05, 0.1) is 11.4 Å². The van der Waals surface area contributed by atoms with Crippen LogP contribution >= 0.6 is 0 Å². The van der Waals surface area contributed by atoms with E-state index in [2.05, 4.69) is 15.2 Å². The fourth-order valence-electron chi connectivity index (χ4n) is 3.52. The van der Waals surface area contributed by atoms with Crippen molar-refractivity contribution in [2.45, 2.75) is 19.0 Å². The van der Waals surface area contributed by atoms with E-state index in [1.807, 2.05) is 48.5 Å². The molecule has 1 unspecified atom stereocenters. The molecule has 0 fully saturated rings. The number of nitrogens with zero attached hydrogens (tertiary/aromatic N) is 2. The molecule has 7 heteroatoms. The van der Waals surface area contributed by atoms with Crippen molar-refractivity contribution in [2.24, 2.45) is 0 Å². The summed E-state index contributed by atoms with van der Waals surface area (Å²) < 4.78 is 0. The number of carbonyl (C=O) groups excluding carboxylic acids is 2. The monoisotopic (exact) mass is 388 g/mol. The Bertz CT molecular complexity index is 1020. The fourth-order valence-corrected chi connectivity index (χ4v) is 3.52. The minimum Gasteiger partial charge on any atom is -0.353 e. The first-order valence-electron chi connectivity index (χ1n) is 9.24. The second kappa shape index (κ2) is 8.12. The lowest BCUT2D eigenvalue weighted by molar-refractivity contribution is -0.117. The maximum Gasteiger partial charge on any atom is 0.274 e. The quantitative estimate of drug-likeness (QED) is 0.462. The molecule has 29 heavy (non-hydrogen) atoms. The first-order valence-corrected chi connectivity index (χ1v) is 9.24. The van der Waals surface area contributed by atoms with Crippen LogP contribution in [0.1, 0.15) is 21.5 Å². The number of rotatable bonds is 5. The molecule has 0 saturated carbocycles. The zero-order valence-corrected chi connectivity index (χ0v) is 15.6. The van der Waals surface area contributed by atoms with E-state index in [1.54, 1.807) is 30.0 Å². The molecule has 2 heterocycles. The molecule has 7 nitrogen and oxygen atoms in total. The molecule has 4 rings (SSSR count). The number of pyridine rings is 1. The Hall–Kier alpha value is -3.71. The van der Waals surface area contributed by atoms with Gasteiger partial charge in [0.15, 0.2) is 0 Å². The molecule has 0 radical (unpaired) electrons. The van der Waals surface area contributed by atoms with Gasteiger partial charge >= 0.3 is 0 Å². The third kappa shape index (κ3) is 3.95. The molecule has 0 saturated heterocycles. The molecule has 0 spiro atoms. The summed E-state index contributed by atoms with van der Waals surface area (Å²) in [4.78, 5) is 30.7. The molecular formula is C22H20N4O3. The van der Waals surface area contributed by atoms with E-state index in [0.717, 1.165) is 22.5 Å². The van der Waals surface area contributed by atoms with Crippen LogP contribution in [-0.4, -0.2) is 28.0 Å². The molecule has 1 aromatic heterocycles. The number of benzene rings is 2. The predicted molar refractivity (Wildman–Crippen MR) is 109 cm³/mol. The van der Waals surface area contributed by atoms with Crippen molar-refractivity contribution in [1.82, 2.24) is 10.5 Å². The van der Waals surface area contributed by atoms with Gasteiger partial charge in [-0.25, -0.2) is 5.48 Å². The Kier molecular flexibility index (Phi) is 5.22. The third-order valence-corrected chi connectivity index (χ3v) is 4.97. The summed E-state index contributed by atoms with van der Waals surface area (Å²) in [5, 5.41) is 11.8. The zero-order valence-electron chi connectivity index (χ0n) is 15.6. The SMILES string of the molecule is O=C(NO)c1ccc(CN2c3ccccc3NC(=O)C2Cc2cccnc2)cc1. The number of hydroxylamine groups is 1. The number of aromatic nitrogens is 1. The average Bonchev–Trinajstić information content (AvgIpc) is 2.76. The highest BCUT2D eigenvalue weighted by atomic mass is 16.5. The van der Waals surface area contributed by atoms with Crippen molar-refractivity contribution in [3.05, 3.63) is 89.7 Å². The molecule has 1 atom stereocenters. The van der Waals surface area contributed by atoms with Crippen molar-refractivity contribution < 1.29 is 14.8 Å². The van der Waals surface area contributed by atoms with Crippen LogP contribution in [0.25, 0.3) is 0 Å². The Balaban J connectivity index is 1.66. The predicted octanol–water partition coefficient (Wildman–Crippen LogP) is 2.77. The van der Waals surface area contributed by atoms with Crippen molar-refractivity contribution in [3.63, 3.8) is 0 Å². The molecular weight excluding hydrogens is 368 g/mol. The van der Waals surface area contributed by atoms with Crippen LogP contribution in [0.3, 0.4) is 0 Å². The number of para-hydroxylation sites is 2. The lowest BCUT2D eigenvalue weighted by Gasteiger charge is -2.38. The van der Waals surface area contributed by atoms with Gasteiger partial charge in [-0.1, -0.05) is 30.3 Å². The summed E-state index contributed by atoms with van der Waals surface area (Å²) in [7, 11) is 0. The summed E-state index contributed by atoms with van der Waals surface area (Å²) in [5.41, 5.74) is 5.63. The molecule has 146 valence electrons. The Morgan fingerprint density at radius 2 is 1.86 bits per heavy atom. The standard InChI is InChI=1S/C22H20N4O3/c27-21(25-29)17-9-7-15(8-10-17)14-26-19-6-2-1-5-18(19)24-22(28)20(26)12-16-4-3-11-23-13-16/h1-11,13,20,29H,12,14H2,(H,24,28)(H,25,27). The molecule has 0 bridgehead atoms. The van der Waals surface area contributed by atoms with Gasteiger partial charge in [0, 0.05) is 30.9 Å². The van der Waals surface area contributed by atoms with Gasteiger partial charge in [0.2, 0.25) is 5.91 Å². The Morgan fingerprint density at radius 1 is 1.07 bits per heavy atom. The first kappa shape index (κ1) is 18.6. The molecule has 1 aliphatic heterocycles. The normalized spacial score (nSPS) is 15.4. The van der Waals surface area contributed by atoms with Crippen molar-refractivity contribution in [2.75, 3.05) is 10.2 Å². The van der Waals surface area contributed by atoms with Crippen LogP contribution in [-0.2, 0) is 17.8 Å². The fraction of sp³-hybridized carbons (Fsp3) is 0.136. The van der Waals surface area contributed by atoms with Gasteiger partial charge in [0.1, 0.15) is 6.04 Å². The van der Waals surface area contributed by atoms with Gasteiger partial charge in [-0.3, -0.25) is 19.8 Å². The van der Waals surface area contributed by atoms with Gasteiger partial charge in [0.25, 0.3) is 5.91 Å². The molecule has 3 N–H and O–H groups in total. The molecule has 2 amide bonds. The van der Waals surface area contributed by atoms with E-state index >= 15 is 0 Å². The number of hydrogen-bond donors (Lipinski definition) is 3. The molecule has 0 aliphatic carbocycles. The third-order valence-electron chi connectivity index (χ3n) is 4.97. The maximum atomic E-state index is 12.9. The van der Waals surface area contributed by atoms with Crippen LogP contribution in [0.5, 0.6) is 0 Å². The van der Waals surface area contributed by atoms with E-state index in [1.165, 1.54) is 0 Å². The first-order chi connectivity index (χ1) is 14.2. The summed E-state index contributed by atoms with van der Waals surface area (Å²) >= 11 is 0. The topological polar surface area (TPSA) is 94.6 Å². The van der Waals surface area contributed by atoms with E-state index in [-0.39, 0.29) is 5.91 Å². The van der Waals surface area contributed by atoms with E-state index < -0.39 is 11.9 Å². The smallest absolute Gasteiger partial charge is 0.274 e. The highest BCUT2D eigenvalue weighted by Gasteiger charge is 2.32. The second-order valence-electron chi connectivity index (χ2n) is 6.85. The van der Waals surface area contributed by atoms with E-state index in [9.17, 15) is 9.59 Å². The second-order valence-corrected chi connectivity index (χ2v) is 6.85. The number of fused-ring (bicyclic) bond motifs is 1. The van der Waals surface area contributed by atoms with Gasteiger partial charge < -0.3 is 10.2 Å². The summed E-state index contributed by atoms with van der Waals surface area (Å²) in [6.07, 6.45) is 4.01. The minimum atomic E-state index is -0.561. The lowest BCUT2D eigenvalue weighted by Crippen LogP contribution is -2.49. The van der Waals surface area contributed by atoms with Crippen molar-refractivity contribution >= 4 is 23.2 Å². The zero-order chi connectivity index (χ0) is 20.2. The van der Waals surface area contributed by atoms with Crippen LogP contribution in [0, 0.1) is 0 Å². The molecule has 3 aromatic rings.